The van der Waals surface area contributed by atoms with E-state index in [4.69, 9.17) is 16.7 Å². The van der Waals surface area contributed by atoms with Crippen LogP contribution >= 0.6 is 11.6 Å². The molecular formula is C13H18ClNO6S2. The van der Waals surface area contributed by atoms with Crippen molar-refractivity contribution in [1.82, 2.24) is 4.72 Å². The number of hydrogen-bond acceptors (Lipinski definition) is 5. The fourth-order valence-electron chi connectivity index (χ4n) is 1.79. The second-order valence-corrected chi connectivity index (χ2v) is 9.29. The molecule has 0 bridgehead atoms. The minimum absolute atomic E-state index is 0.103. The van der Waals surface area contributed by atoms with Crippen molar-refractivity contribution in [1.29, 1.82) is 0 Å². The van der Waals surface area contributed by atoms with Crippen molar-refractivity contribution < 1.29 is 26.7 Å². The summed E-state index contributed by atoms with van der Waals surface area (Å²) in [6, 6.07) is 5.74. The molecule has 0 aliphatic heterocycles. The number of aliphatic carboxylic acids is 1. The predicted molar refractivity (Wildman–Crippen MR) is 86.8 cm³/mol. The van der Waals surface area contributed by atoms with E-state index in [1.807, 2.05) is 0 Å². The molecule has 0 radical (unpaired) electrons. The van der Waals surface area contributed by atoms with Crippen molar-refractivity contribution in [2.45, 2.75) is 24.2 Å². The van der Waals surface area contributed by atoms with Crippen LogP contribution in [0.3, 0.4) is 0 Å². The molecule has 130 valence electrons. The van der Waals surface area contributed by atoms with Crippen LogP contribution in [0.15, 0.2) is 29.2 Å². The van der Waals surface area contributed by atoms with Crippen LogP contribution in [0.4, 0.5) is 0 Å². The van der Waals surface area contributed by atoms with Crippen LogP contribution in [0.1, 0.15) is 19.3 Å². The molecule has 0 saturated heterocycles. The number of sulfonamides is 1. The third-order valence-electron chi connectivity index (χ3n) is 2.89. The Morgan fingerprint density at radius 2 is 1.65 bits per heavy atom. The summed E-state index contributed by atoms with van der Waals surface area (Å²) in [6.45, 7) is 0.171. The Morgan fingerprint density at radius 3 is 2.22 bits per heavy atom. The zero-order chi connectivity index (χ0) is 17.5. The van der Waals surface area contributed by atoms with Gasteiger partial charge in [-0.25, -0.2) is 21.6 Å². The first kappa shape index (κ1) is 19.9. The molecule has 1 aromatic carbocycles. The van der Waals surface area contributed by atoms with E-state index in [2.05, 4.69) is 4.72 Å². The molecule has 1 aromatic rings. The number of rotatable bonds is 10. The van der Waals surface area contributed by atoms with E-state index in [0.29, 0.717) is 17.9 Å². The largest absolute Gasteiger partial charge is 0.480 e. The molecule has 7 nitrogen and oxygen atoms in total. The van der Waals surface area contributed by atoms with Gasteiger partial charge < -0.3 is 5.11 Å². The molecule has 0 unspecified atom stereocenters. The first-order valence-electron chi connectivity index (χ1n) is 6.80. The lowest BCUT2D eigenvalue weighted by Crippen LogP contribution is -2.25. The van der Waals surface area contributed by atoms with Gasteiger partial charge in [0, 0.05) is 11.6 Å². The molecule has 23 heavy (non-hydrogen) atoms. The summed E-state index contributed by atoms with van der Waals surface area (Å²) in [5.41, 5.74) is 0. The Balaban J connectivity index is 2.32. The number of hydrogen-bond donors (Lipinski definition) is 2. The molecule has 0 heterocycles. The van der Waals surface area contributed by atoms with Gasteiger partial charge in [0.1, 0.15) is 5.75 Å². The van der Waals surface area contributed by atoms with Gasteiger partial charge in [-0.2, -0.15) is 0 Å². The quantitative estimate of drug-likeness (QED) is 0.588. The highest BCUT2D eigenvalue weighted by Crippen LogP contribution is 2.13. The van der Waals surface area contributed by atoms with Crippen molar-refractivity contribution in [2.75, 3.05) is 18.1 Å². The van der Waals surface area contributed by atoms with Gasteiger partial charge in [0.15, 0.2) is 9.84 Å². The molecule has 2 N–H and O–H groups in total. The lowest BCUT2D eigenvalue weighted by Gasteiger charge is -2.07. The van der Waals surface area contributed by atoms with Crippen molar-refractivity contribution in [3.8, 4) is 0 Å². The van der Waals surface area contributed by atoms with Gasteiger partial charge in [-0.05, 0) is 37.1 Å². The van der Waals surface area contributed by atoms with Gasteiger partial charge in [-0.3, -0.25) is 4.79 Å². The van der Waals surface area contributed by atoms with E-state index < -0.39 is 31.6 Å². The number of unbranched alkanes of at least 4 members (excludes halogenated alkanes) is 2. The summed E-state index contributed by atoms with van der Waals surface area (Å²) in [5, 5.41) is 8.88. The highest BCUT2D eigenvalue weighted by atomic mass is 35.5. The Kier molecular flexibility index (Phi) is 7.46. The molecule has 0 amide bonds. The standard InChI is InChI=1S/C13H18ClNO6S2/c14-11-4-6-12(7-5-11)23(20,21)15-8-2-1-3-9-22(18,19)10-13(16)17/h4-7,15H,1-3,8-10H2,(H,16,17). The molecule has 0 aliphatic rings. The molecule has 1 rings (SSSR count). The van der Waals surface area contributed by atoms with Crippen LogP contribution in [-0.4, -0.2) is 46.0 Å². The van der Waals surface area contributed by atoms with E-state index >= 15 is 0 Å². The Bertz CT molecular complexity index is 728. The zero-order valence-electron chi connectivity index (χ0n) is 12.2. The zero-order valence-corrected chi connectivity index (χ0v) is 14.6. The number of carboxylic acids is 1. The molecule has 0 atom stereocenters. The van der Waals surface area contributed by atoms with Crippen LogP contribution in [0, 0.1) is 0 Å². The number of carboxylic acid groups (broad SMARTS) is 1. The summed E-state index contributed by atoms with van der Waals surface area (Å²) < 4.78 is 49.0. The molecular weight excluding hydrogens is 366 g/mol. The molecule has 0 spiro atoms. The van der Waals surface area contributed by atoms with Crippen LogP contribution in [0.25, 0.3) is 0 Å². The lowest BCUT2D eigenvalue weighted by molar-refractivity contribution is -0.134. The van der Waals surface area contributed by atoms with E-state index in [1.54, 1.807) is 0 Å². The summed E-state index contributed by atoms with van der Waals surface area (Å²) >= 11 is 5.69. The van der Waals surface area contributed by atoms with E-state index in [1.165, 1.54) is 24.3 Å². The molecule has 10 heteroatoms. The van der Waals surface area contributed by atoms with Crippen LogP contribution < -0.4 is 4.72 Å². The number of carbonyl (C=O) groups is 1. The van der Waals surface area contributed by atoms with Gasteiger partial charge in [0.25, 0.3) is 0 Å². The van der Waals surface area contributed by atoms with Crippen molar-refractivity contribution >= 4 is 37.4 Å². The van der Waals surface area contributed by atoms with E-state index in [0.717, 1.165) is 0 Å². The highest BCUT2D eigenvalue weighted by molar-refractivity contribution is 7.92. The normalized spacial score (nSPS) is 12.2. The maximum Gasteiger partial charge on any atom is 0.318 e. The number of sulfone groups is 1. The lowest BCUT2D eigenvalue weighted by atomic mass is 10.2. The fraction of sp³-hybridized carbons (Fsp3) is 0.462. The van der Waals surface area contributed by atoms with Gasteiger partial charge in [0.2, 0.25) is 10.0 Å². The van der Waals surface area contributed by atoms with Crippen LogP contribution in [0.5, 0.6) is 0 Å². The number of nitrogens with one attached hydrogen (secondary N) is 1. The second-order valence-electron chi connectivity index (χ2n) is 4.90. The highest BCUT2D eigenvalue weighted by Gasteiger charge is 2.15. The number of halogens is 1. The summed E-state index contributed by atoms with van der Waals surface area (Å²) in [6.07, 6.45) is 1.22. The SMILES string of the molecule is O=C(O)CS(=O)(=O)CCCCCNS(=O)(=O)c1ccc(Cl)cc1. The third kappa shape index (κ3) is 7.78. The van der Waals surface area contributed by atoms with Crippen LogP contribution in [-0.2, 0) is 24.7 Å². The number of benzene rings is 1. The van der Waals surface area contributed by atoms with Crippen molar-refractivity contribution in [3.63, 3.8) is 0 Å². The van der Waals surface area contributed by atoms with E-state index in [-0.39, 0.29) is 23.6 Å². The van der Waals surface area contributed by atoms with Gasteiger partial charge in [-0.15, -0.1) is 0 Å². The molecule has 0 fully saturated rings. The molecule has 0 saturated carbocycles. The maximum atomic E-state index is 11.9. The second kappa shape index (κ2) is 8.62. The Morgan fingerprint density at radius 1 is 1.04 bits per heavy atom. The Hall–Kier alpha value is -1.16. The van der Waals surface area contributed by atoms with Crippen molar-refractivity contribution in [2.24, 2.45) is 0 Å². The van der Waals surface area contributed by atoms with Crippen molar-refractivity contribution in [3.05, 3.63) is 29.3 Å². The van der Waals surface area contributed by atoms with Gasteiger partial charge >= 0.3 is 5.97 Å². The minimum Gasteiger partial charge on any atom is -0.480 e. The van der Waals surface area contributed by atoms with Gasteiger partial charge in [-0.1, -0.05) is 18.0 Å². The summed E-state index contributed by atoms with van der Waals surface area (Å²) in [5.74, 6) is -2.47. The average molecular weight is 384 g/mol. The third-order valence-corrected chi connectivity index (χ3v) is 6.22. The Labute approximate surface area is 140 Å². The van der Waals surface area contributed by atoms with E-state index in [9.17, 15) is 21.6 Å². The topological polar surface area (TPSA) is 118 Å². The average Bonchev–Trinajstić information content (AvgIpc) is 2.41. The minimum atomic E-state index is -3.61. The first-order valence-corrected chi connectivity index (χ1v) is 10.5. The maximum absolute atomic E-state index is 11.9. The van der Waals surface area contributed by atoms with Gasteiger partial charge in [0.05, 0.1) is 10.6 Å². The summed E-state index contributed by atoms with van der Waals surface area (Å²) in [7, 11) is -7.21. The fourth-order valence-corrected chi connectivity index (χ4v) is 4.15. The summed E-state index contributed by atoms with van der Waals surface area (Å²) in [4.78, 5) is 10.5. The predicted octanol–water partition coefficient (Wildman–Crippen LogP) is 1.29. The first-order chi connectivity index (χ1) is 10.6. The monoisotopic (exact) mass is 383 g/mol. The smallest absolute Gasteiger partial charge is 0.318 e. The molecule has 0 aliphatic carbocycles. The van der Waals surface area contributed by atoms with Crippen LogP contribution in [0.2, 0.25) is 5.02 Å². The molecule has 0 aromatic heterocycles.